The predicted octanol–water partition coefficient (Wildman–Crippen LogP) is 3.91. The first-order valence-corrected chi connectivity index (χ1v) is 10.0. The number of rotatable bonds is 7. The maximum atomic E-state index is 13.0. The standard InChI is InChI=1S/C24H25FN4O/c1-16-11-19(8-10-27-16)24-22-12-18(20(15-30)13-23(22)29(2)28-24)7-9-26-14-17-3-5-21(25)6-4-17/h3-6,8,10-13,26,30H,7,9,14-15H2,1-2H3. The summed E-state index contributed by atoms with van der Waals surface area (Å²) >= 11 is 0. The van der Waals surface area contributed by atoms with Crippen molar-refractivity contribution in [2.24, 2.45) is 7.05 Å². The molecule has 0 aliphatic carbocycles. The maximum absolute atomic E-state index is 13.0. The van der Waals surface area contributed by atoms with Crippen LogP contribution < -0.4 is 5.32 Å². The number of nitrogens with zero attached hydrogens (tertiary/aromatic N) is 3. The molecule has 0 spiro atoms. The van der Waals surface area contributed by atoms with Gasteiger partial charge in [0.15, 0.2) is 0 Å². The van der Waals surface area contributed by atoms with Crippen LogP contribution in [0.25, 0.3) is 22.2 Å². The molecule has 0 aliphatic rings. The van der Waals surface area contributed by atoms with E-state index in [0.717, 1.165) is 57.5 Å². The summed E-state index contributed by atoms with van der Waals surface area (Å²) in [4.78, 5) is 4.28. The fraction of sp³-hybridized carbons (Fsp3) is 0.250. The molecular weight excluding hydrogens is 379 g/mol. The van der Waals surface area contributed by atoms with E-state index in [0.29, 0.717) is 6.54 Å². The number of benzene rings is 2. The number of nitrogens with one attached hydrogen (secondary N) is 1. The van der Waals surface area contributed by atoms with Crippen molar-refractivity contribution in [2.45, 2.75) is 26.5 Å². The molecule has 2 aromatic carbocycles. The van der Waals surface area contributed by atoms with Crippen LogP contribution in [0.3, 0.4) is 0 Å². The van der Waals surface area contributed by atoms with Gasteiger partial charge in [-0.25, -0.2) is 4.39 Å². The van der Waals surface area contributed by atoms with Crippen LogP contribution in [0.2, 0.25) is 0 Å². The van der Waals surface area contributed by atoms with Gasteiger partial charge in [-0.3, -0.25) is 9.67 Å². The Hall–Kier alpha value is -3.09. The molecule has 154 valence electrons. The number of hydrogen-bond donors (Lipinski definition) is 2. The van der Waals surface area contributed by atoms with Crippen LogP contribution >= 0.6 is 0 Å². The fourth-order valence-corrected chi connectivity index (χ4v) is 3.74. The molecule has 0 aliphatic heterocycles. The Balaban J connectivity index is 1.57. The van der Waals surface area contributed by atoms with E-state index >= 15 is 0 Å². The van der Waals surface area contributed by atoms with E-state index in [2.05, 4.69) is 16.4 Å². The molecule has 0 bridgehead atoms. The van der Waals surface area contributed by atoms with Crippen molar-refractivity contribution >= 4 is 10.9 Å². The van der Waals surface area contributed by atoms with Gasteiger partial charge in [0.25, 0.3) is 0 Å². The Morgan fingerprint density at radius 2 is 1.87 bits per heavy atom. The van der Waals surface area contributed by atoms with Crippen LogP contribution in [0, 0.1) is 12.7 Å². The second-order valence-corrected chi connectivity index (χ2v) is 7.51. The lowest BCUT2D eigenvalue weighted by Gasteiger charge is -2.10. The van der Waals surface area contributed by atoms with Crippen molar-refractivity contribution in [2.75, 3.05) is 6.54 Å². The molecule has 5 nitrogen and oxygen atoms in total. The largest absolute Gasteiger partial charge is 0.392 e. The lowest BCUT2D eigenvalue weighted by atomic mass is 9.99. The van der Waals surface area contributed by atoms with Crippen LogP contribution in [-0.4, -0.2) is 26.4 Å². The fourth-order valence-electron chi connectivity index (χ4n) is 3.74. The number of hydrogen-bond acceptors (Lipinski definition) is 4. The topological polar surface area (TPSA) is 63.0 Å². The number of halogens is 1. The minimum Gasteiger partial charge on any atom is -0.392 e. The van der Waals surface area contributed by atoms with Crippen molar-refractivity contribution in [3.63, 3.8) is 0 Å². The van der Waals surface area contributed by atoms with Crippen molar-refractivity contribution < 1.29 is 9.50 Å². The van der Waals surface area contributed by atoms with E-state index in [9.17, 15) is 9.50 Å². The first kappa shape index (κ1) is 20.2. The quantitative estimate of drug-likeness (QED) is 0.459. The van der Waals surface area contributed by atoms with Gasteiger partial charge in [0.2, 0.25) is 0 Å². The van der Waals surface area contributed by atoms with E-state index in [1.54, 1.807) is 18.3 Å². The van der Waals surface area contributed by atoms with E-state index < -0.39 is 0 Å². The summed E-state index contributed by atoms with van der Waals surface area (Å²) in [5.41, 5.74) is 6.93. The highest BCUT2D eigenvalue weighted by atomic mass is 19.1. The third kappa shape index (κ3) is 4.25. The van der Waals surface area contributed by atoms with Gasteiger partial charge in [0.05, 0.1) is 12.1 Å². The molecule has 2 N–H and O–H groups in total. The molecule has 0 atom stereocenters. The minimum atomic E-state index is -0.226. The van der Waals surface area contributed by atoms with Crippen LogP contribution in [0.4, 0.5) is 4.39 Å². The first-order valence-electron chi connectivity index (χ1n) is 10.0. The number of fused-ring (bicyclic) bond motifs is 1. The van der Waals surface area contributed by atoms with Gasteiger partial charge in [0, 0.05) is 36.4 Å². The average Bonchev–Trinajstić information content (AvgIpc) is 3.07. The summed E-state index contributed by atoms with van der Waals surface area (Å²) in [7, 11) is 1.92. The lowest BCUT2D eigenvalue weighted by Crippen LogP contribution is -2.17. The first-order chi connectivity index (χ1) is 14.5. The van der Waals surface area contributed by atoms with E-state index in [1.165, 1.54) is 12.1 Å². The second kappa shape index (κ2) is 8.73. The zero-order valence-corrected chi connectivity index (χ0v) is 17.2. The highest BCUT2D eigenvalue weighted by Crippen LogP contribution is 2.30. The summed E-state index contributed by atoms with van der Waals surface area (Å²) in [5, 5.41) is 19.1. The maximum Gasteiger partial charge on any atom is 0.123 e. The number of pyridine rings is 1. The monoisotopic (exact) mass is 404 g/mol. The van der Waals surface area contributed by atoms with Crippen molar-refractivity contribution in [1.82, 2.24) is 20.1 Å². The molecule has 0 saturated carbocycles. The zero-order valence-electron chi connectivity index (χ0n) is 17.2. The molecule has 2 aromatic heterocycles. The molecule has 6 heteroatoms. The molecule has 2 heterocycles. The number of aryl methyl sites for hydroxylation is 2. The van der Waals surface area contributed by atoms with Crippen LogP contribution in [-0.2, 0) is 26.6 Å². The van der Waals surface area contributed by atoms with Gasteiger partial charge in [-0.15, -0.1) is 0 Å². The summed E-state index contributed by atoms with van der Waals surface area (Å²) in [6.45, 7) is 3.38. The second-order valence-electron chi connectivity index (χ2n) is 7.51. The van der Waals surface area contributed by atoms with Gasteiger partial charge in [-0.05, 0) is 73.0 Å². The van der Waals surface area contributed by atoms with E-state index in [-0.39, 0.29) is 12.4 Å². The summed E-state index contributed by atoms with van der Waals surface area (Å²) in [5.74, 6) is -0.226. The Bertz CT molecular complexity index is 1170. The smallest absolute Gasteiger partial charge is 0.123 e. The third-order valence-electron chi connectivity index (χ3n) is 5.33. The molecule has 0 saturated heterocycles. The van der Waals surface area contributed by atoms with Crippen LogP contribution in [0.15, 0.2) is 54.7 Å². The highest BCUT2D eigenvalue weighted by molar-refractivity contribution is 5.94. The lowest BCUT2D eigenvalue weighted by molar-refractivity contribution is 0.280. The van der Waals surface area contributed by atoms with Crippen molar-refractivity contribution in [3.8, 4) is 11.3 Å². The number of aromatic nitrogens is 3. The molecule has 0 amide bonds. The number of aliphatic hydroxyl groups is 1. The van der Waals surface area contributed by atoms with Crippen molar-refractivity contribution in [3.05, 3.63) is 82.9 Å². The highest BCUT2D eigenvalue weighted by Gasteiger charge is 2.14. The Morgan fingerprint density at radius 1 is 1.07 bits per heavy atom. The van der Waals surface area contributed by atoms with E-state index in [4.69, 9.17) is 5.10 Å². The minimum absolute atomic E-state index is 0.0158. The van der Waals surface area contributed by atoms with Gasteiger partial charge in [-0.2, -0.15) is 5.10 Å². The molecule has 30 heavy (non-hydrogen) atoms. The van der Waals surface area contributed by atoms with Crippen LogP contribution in [0.5, 0.6) is 0 Å². The molecule has 4 aromatic rings. The molecule has 0 unspecified atom stereocenters. The SMILES string of the molecule is Cc1cc(-c2nn(C)c3cc(CO)c(CCNCc4ccc(F)cc4)cc23)ccn1. The Labute approximate surface area is 175 Å². The van der Waals surface area contributed by atoms with Crippen LogP contribution in [0.1, 0.15) is 22.4 Å². The molecule has 4 rings (SSSR count). The predicted molar refractivity (Wildman–Crippen MR) is 116 cm³/mol. The zero-order chi connectivity index (χ0) is 21.1. The van der Waals surface area contributed by atoms with Gasteiger partial charge < -0.3 is 10.4 Å². The summed E-state index contributed by atoms with van der Waals surface area (Å²) in [6.07, 6.45) is 2.57. The van der Waals surface area contributed by atoms with Gasteiger partial charge in [0.1, 0.15) is 11.5 Å². The van der Waals surface area contributed by atoms with Crippen molar-refractivity contribution in [1.29, 1.82) is 0 Å². The number of aliphatic hydroxyl groups excluding tert-OH is 1. The summed E-state index contributed by atoms with van der Waals surface area (Å²) in [6, 6.07) is 14.7. The van der Waals surface area contributed by atoms with Gasteiger partial charge in [-0.1, -0.05) is 12.1 Å². The molecular formula is C24H25FN4O. The van der Waals surface area contributed by atoms with Gasteiger partial charge >= 0.3 is 0 Å². The average molecular weight is 404 g/mol. The third-order valence-corrected chi connectivity index (χ3v) is 5.33. The Morgan fingerprint density at radius 3 is 2.60 bits per heavy atom. The normalized spacial score (nSPS) is 11.3. The Kier molecular flexibility index (Phi) is 5.88. The molecule has 0 radical (unpaired) electrons. The molecule has 0 fully saturated rings. The summed E-state index contributed by atoms with van der Waals surface area (Å²) < 4.78 is 14.9. The van der Waals surface area contributed by atoms with E-state index in [1.807, 2.05) is 36.9 Å².